The summed E-state index contributed by atoms with van der Waals surface area (Å²) in [7, 11) is 0. The highest BCUT2D eigenvalue weighted by atomic mass is 79.9. The topological polar surface area (TPSA) is 176 Å². The molecule has 0 aromatic heterocycles. The Balaban J connectivity index is 2.03. The summed E-state index contributed by atoms with van der Waals surface area (Å²) in [6.07, 6.45) is -10.1. The molecule has 2 rings (SSSR count). The van der Waals surface area contributed by atoms with Crippen LogP contribution in [0.25, 0.3) is 6.08 Å². The van der Waals surface area contributed by atoms with E-state index in [1.165, 1.54) is 19.1 Å². The molecule has 1 heterocycles. The van der Waals surface area contributed by atoms with Crippen LogP contribution >= 0.6 is 15.9 Å². The van der Waals surface area contributed by atoms with E-state index in [0.717, 1.165) is 6.08 Å². The van der Waals surface area contributed by atoms with Gasteiger partial charge in [-0.25, -0.2) is 9.59 Å². The van der Waals surface area contributed by atoms with Gasteiger partial charge in [-0.2, -0.15) is 13.2 Å². The summed E-state index contributed by atoms with van der Waals surface area (Å²) in [5.74, 6) is -1.62. The van der Waals surface area contributed by atoms with Gasteiger partial charge in [0, 0.05) is 10.0 Å². The Morgan fingerprint density at radius 1 is 1.14 bits per heavy atom. The van der Waals surface area contributed by atoms with E-state index in [2.05, 4.69) is 39.8 Å². The van der Waals surface area contributed by atoms with Gasteiger partial charge in [0.1, 0.15) is 19.0 Å². The van der Waals surface area contributed by atoms with Gasteiger partial charge in [0.2, 0.25) is 12.9 Å². The molecule has 18 heteroatoms. The van der Waals surface area contributed by atoms with Crippen LogP contribution in [0.5, 0.6) is 5.75 Å². The Kier molecular flexibility index (Phi) is 9.04. The molecule has 0 unspecified atom stereocenters. The smallest absolute Gasteiger partial charge is 0.475 e. The summed E-state index contributed by atoms with van der Waals surface area (Å²) in [5.41, 5.74) is -0.407. The van der Waals surface area contributed by atoms with E-state index < -0.39 is 66.3 Å². The molecule has 0 spiro atoms. The van der Waals surface area contributed by atoms with Gasteiger partial charge in [0.05, 0.1) is 5.57 Å². The van der Waals surface area contributed by atoms with Crippen molar-refractivity contribution in [2.45, 2.75) is 25.3 Å². The molecule has 0 bridgehead atoms. The third-order valence-corrected chi connectivity index (χ3v) is 4.45. The number of hydrogen-bond acceptors (Lipinski definition) is 12. The highest BCUT2D eigenvalue weighted by Crippen LogP contribution is 2.40. The van der Waals surface area contributed by atoms with Crippen molar-refractivity contribution in [3.05, 3.63) is 53.5 Å². The van der Waals surface area contributed by atoms with Crippen molar-refractivity contribution in [3.63, 3.8) is 0 Å². The number of alkyl halides is 3. The predicted octanol–water partition coefficient (Wildman–Crippen LogP) is 2.90. The van der Waals surface area contributed by atoms with Crippen LogP contribution < -0.4 is 4.74 Å². The van der Waals surface area contributed by atoms with Gasteiger partial charge >= 0.3 is 18.3 Å². The lowest BCUT2D eigenvalue weighted by molar-refractivity contribution is -0.768. The quantitative estimate of drug-likeness (QED) is 0.173. The monoisotopic (exact) mass is 574 g/mol. The summed E-state index contributed by atoms with van der Waals surface area (Å²) in [6.45, 7) is -1.67. The lowest BCUT2D eigenvalue weighted by atomic mass is 9.99. The molecule has 0 fully saturated rings. The van der Waals surface area contributed by atoms with Gasteiger partial charge in [-0.1, -0.05) is 15.9 Å². The van der Waals surface area contributed by atoms with Crippen molar-refractivity contribution >= 4 is 34.1 Å². The van der Waals surface area contributed by atoms with Crippen LogP contribution in [0.4, 0.5) is 18.0 Å². The molecule has 0 radical (unpaired) electrons. The normalized spacial score (nSPS) is 14.7. The molecule has 0 saturated carbocycles. The zero-order valence-electron chi connectivity index (χ0n) is 17.3. The molecule has 1 aromatic rings. The molecule has 14 nitrogen and oxygen atoms in total. The molecule has 1 aliphatic heterocycles. The van der Waals surface area contributed by atoms with E-state index in [1.54, 1.807) is 0 Å². The number of ether oxygens (including phenoxy) is 4. The van der Waals surface area contributed by atoms with E-state index in [4.69, 9.17) is 4.74 Å². The largest absolute Gasteiger partial charge is 0.511 e. The zero-order valence-corrected chi connectivity index (χ0v) is 18.9. The van der Waals surface area contributed by atoms with E-state index in [9.17, 15) is 43.0 Å². The molecule has 192 valence electrons. The van der Waals surface area contributed by atoms with Gasteiger partial charge in [-0.05, 0) is 30.7 Å². The van der Waals surface area contributed by atoms with Crippen molar-refractivity contribution in [1.82, 2.24) is 0 Å². The van der Waals surface area contributed by atoms with Gasteiger partial charge in [0.25, 0.3) is 10.2 Å². The van der Waals surface area contributed by atoms with Gasteiger partial charge in [-0.3, -0.25) is 0 Å². The molecule has 0 N–H and O–H groups in total. The summed E-state index contributed by atoms with van der Waals surface area (Å²) in [4.78, 5) is 52.2. The molecule has 0 saturated heterocycles. The number of fused-ring (bicyclic) bond motifs is 1. The van der Waals surface area contributed by atoms with E-state index in [0.29, 0.717) is 10.0 Å². The lowest BCUT2D eigenvalue weighted by Gasteiger charge is -2.28. The maximum Gasteiger partial charge on any atom is 0.511 e. The maximum absolute atomic E-state index is 13.5. The zero-order chi connectivity index (χ0) is 26.3. The van der Waals surface area contributed by atoms with Gasteiger partial charge < -0.3 is 28.6 Å². The van der Waals surface area contributed by atoms with Crippen molar-refractivity contribution in [1.29, 1.82) is 0 Å². The van der Waals surface area contributed by atoms with Crippen molar-refractivity contribution < 1.29 is 61.6 Å². The molecule has 1 aromatic carbocycles. The fourth-order valence-electron chi connectivity index (χ4n) is 2.65. The first-order valence-electron chi connectivity index (χ1n) is 9.08. The van der Waals surface area contributed by atoms with Crippen LogP contribution in [0.1, 0.15) is 11.1 Å². The average Bonchev–Trinajstić information content (AvgIpc) is 2.73. The highest BCUT2D eigenvalue weighted by molar-refractivity contribution is 9.10. The number of carbonyl (C=O) groups excluding carboxylic acids is 2. The van der Waals surface area contributed by atoms with Gasteiger partial charge in [0.15, 0.2) is 6.10 Å². The van der Waals surface area contributed by atoms with Crippen LogP contribution in [0, 0.1) is 27.2 Å². The molecular weight excluding hydrogens is 561 g/mol. The summed E-state index contributed by atoms with van der Waals surface area (Å²) in [6, 6.07) is 2.93. The fraction of sp³-hybridized carbons (Fsp3) is 0.412. The number of rotatable bonds is 10. The number of nitrogens with zero attached hydrogens (tertiary/aromatic N) is 2. The summed E-state index contributed by atoms with van der Waals surface area (Å²) >= 11 is 3.18. The number of halogens is 4. The Morgan fingerprint density at radius 3 is 2.29 bits per heavy atom. The fourth-order valence-corrected chi connectivity index (χ4v) is 3.24. The molecule has 0 aliphatic carbocycles. The first kappa shape index (κ1) is 27.4. The van der Waals surface area contributed by atoms with Crippen LogP contribution in [-0.2, 0) is 28.7 Å². The molecule has 1 atom stereocenters. The molecule has 0 amide bonds. The van der Waals surface area contributed by atoms with E-state index in [-0.39, 0.29) is 11.3 Å². The SMILES string of the molecule is Cc1cc(Br)cc2c1O[C@H](C(F)(F)F)C(C(=O)OCOC(=O)OC(CO[N+](=O)[O-])CO[N+](=O)[O-])=C2. The lowest BCUT2D eigenvalue weighted by Crippen LogP contribution is -2.41. The highest BCUT2D eigenvalue weighted by Gasteiger charge is 2.49. The Morgan fingerprint density at radius 2 is 1.74 bits per heavy atom. The number of carbonyl (C=O) groups is 2. The van der Waals surface area contributed by atoms with Gasteiger partial charge in [-0.15, -0.1) is 20.2 Å². The van der Waals surface area contributed by atoms with E-state index in [1.807, 2.05) is 0 Å². The molecule has 1 aliphatic rings. The predicted molar refractivity (Wildman–Crippen MR) is 106 cm³/mol. The van der Waals surface area contributed by atoms with Crippen LogP contribution in [0.3, 0.4) is 0 Å². The van der Waals surface area contributed by atoms with Crippen LogP contribution in [0.2, 0.25) is 0 Å². The van der Waals surface area contributed by atoms with Crippen molar-refractivity contribution in [2.24, 2.45) is 0 Å². The average molecular weight is 575 g/mol. The standard InChI is InChI=1S/C17H14BrF3N2O12/c1-8-2-10(18)3-9-4-12(14(17(19,20)21)35-13(8)9)15(24)30-7-31-16(25)34-11(5-32-22(26)27)6-33-23(28)29/h2-4,11,14H,5-7H2,1H3/t14-/m0/s1. The third kappa shape index (κ3) is 8.16. The first-order chi connectivity index (χ1) is 16.3. The van der Waals surface area contributed by atoms with E-state index >= 15 is 0 Å². The number of benzene rings is 1. The molecular formula is C17H14BrF3N2O12. The minimum atomic E-state index is -5.00. The Bertz CT molecular complexity index is 1010. The number of aryl methyl sites for hydroxylation is 1. The Hall–Kier alpha value is -3.83. The molecule has 35 heavy (non-hydrogen) atoms. The maximum atomic E-state index is 13.5. The van der Waals surface area contributed by atoms with Crippen molar-refractivity contribution in [2.75, 3.05) is 20.0 Å². The minimum absolute atomic E-state index is 0.0909. The van der Waals surface area contributed by atoms with Crippen LogP contribution in [-0.4, -0.2) is 60.7 Å². The third-order valence-electron chi connectivity index (χ3n) is 3.99. The van der Waals surface area contributed by atoms with Crippen LogP contribution in [0.15, 0.2) is 22.2 Å². The Labute approximate surface area is 200 Å². The number of hydrogen-bond donors (Lipinski definition) is 0. The second kappa shape index (κ2) is 11.5. The summed E-state index contributed by atoms with van der Waals surface area (Å²) < 4.78 is 59.4. The second-order valence-electron chi connectivity index (χ2n) is 6.50. The first-order valence-corrected chi connectivity index (χ1v) is 9.87. The number of esters is 1. The second-order valence-corrected chi connectivity index (χ2v) is 7.42. The minimum Gasteiger partial charge on any atom is -0.475 e. The van der Waals surface area contributed by atoms with Crippen molar-refractivity contribution in [3.8, 4) is 5.75 Å². The summed E-state index contributed by atoms with van der Waals surface area (Å²) in [5, 5.41) is 17.9.